The molecule has 3 aromatic rings. The Morgan fingerprint density at radius 1 is 1.28 bits per heavy atom. The first-order valence-corrected chi connectivity index (χ1v) is 7.66. The molecule has 0 amide bonds. The average Bonchev–Trinajstić information content (AvgIpc) is 2.95. The van der Waals surface area contributed by atoms with Gasteiger partial charge in [0.05, 0.1) is 5.69 Å². The van der Waals surface area contributed by atoms with Gasteiger partial charge >= 0.3 is 0 Å². The van der Waals surface area contributed by atoms with Crippen LogP contribution >= 0.6 is 22.7 Å². The average molecular weight is 274 g/mol. The van der Waals surface area contributed by atoms with Gasteiger partial charge in [-0.15, -0.1) is 22.7 Å². The summed E-state index contributed by atoms with van der Waals surface area (Å²) < 4.78 is 1.35. The van der Waals surface area contributed by atoms with E-state index in [-0.39, 0.29) is 0 Å². The van der Waals surface area contributed by atoms with Gasteiger partial charge in [0.2, 0.25) is 0 Å². The minimum absolute atomic E-state index is 0.679. The lowest BCUT2D eigenvalue weighted by atomic mass is 10.1. The van der Waals surface area contributed by atoms with Gasteiger partial charge in [-0.25, -0.2) is 4.98 Å². The van der Waals surface area contributed by atoms with E-state index in [1.165, 1.54) is 20.5 Å². The molecule has 2 nitrogen and oxygen atoms in total. The van der Waals surface area contributed by atoms with Crippen LogP contribution in [0, 0.1) is 0 Å². The van der Waals surface area contributed by atoms with Crippen molar-refractivity contribution in [1.29, 1.82) is 0 Å². The van der Waals surface area contributed by atoms with E-state index in [2.05, 4.69) is 41.6 Å². The van der Waals surface area contributed by atoms with Crippen LogP contribution in [0.3, 0.4) is 0 Å². The smallest absolute Gasteiger partial charge is 0.180 e. The SMILES string of the molecule is CCc1nc(N)sc1Cc1ccc2sccc2c1. The number of aryl methyl sites for hydroxylation is 1. The Hall–Kier alpha value is -1.39. The van der Waals surface area contributed by atoms with E-state index in [4.69, 9.17) is 5.73 Å². The number of hydrogen-bond donors (Lipinski definition) is 1. The molecule has 4 heteroatoms. The third-order valence-electron chi connectivity index (χ3n) is 3.01. The Bertz CT molecular complexity index is 682. The van der Waals surface area contributed by atoms with Gasteiger partial charge in [-0.2, -0.15) is 0 Å². The predicted molar refractivity (Wildman–Crippen MR) is 80.5 cm³/mol. The molecule has 0 fully saturated rings. The summed E-state index contributed by atoms with van der Waals surface area (Å²) in [6, 6.07) is 8.84. The van der Waals surface area contributed by atoms with Crippen molar-refractivity contribution in [3.05, 3.63) is 45.8 Å². The Kier molecular flexibility index (Phi) is 3.06. The summed E-state index contributed by atoms with van der Waals surface area (Å²) in [7, 11) is 0. The van der Waals surface area contributed by atoms with Crippen molar-refractivity contribution in [2.45, 2.75) is 19.8 Å². The molecular weight excluding hydrogens is 260 g/mol. The molecule has 0 saturated carbocycles. The van der Waals surface area contributed by atoms with Crippen LogP contribution in [-0.2, 0) is 12.8 Å². The summed E-state index contributed by atoms with van der Waals surface area (Å²) in [4.78, 5) is 5.67. The van der Waals surface area contributed by atoms with Crippen LogP contribution in [0.5, 0.6) is 0 Å². The molecule has 0 atom stereocenters. The van der Waals surface area contributed by atoms with Crippen LogP contribution in [0.15, 0.2) is 29.6 Å². The van der Waals surface area contributed by atoms with Gasteiger partial charge in [0.25, 0.3) is 0 Å². The number of nitrogens with zero attached hydrogens (tertiary/aromatic N) is 1. The summed E-state index contributed by atoms with van der Waals surface area (Å²) in [5.74, 6) is 0. The van der Waals surface area contributed by atoms with Gasteiger partial charge < -0.3 is 5.73 Å². The molecule has 0 bridgehead atoms. The third kappa shape index (κ3) is 2.13. The number of rotatable bonds is 3. The Morgan fingerprint density at radius 3 is 3.00 bits per heavy atom. The van der Waals surface area contributed by atoms with Gasteiger partial charge in [-0.3, -0.25) is 0 Å². The summed E-state index contributed by atoms with van der Waals surface area (Å²) in [5.41, 5.74) is 8.27. The van der Waals surface area contributed by atoms with Crippen molar-refractivity contribution in [3.63, 3.8) is 0 Å². The maximum absolute atomic E-state index is 5.79. The lowest BCUT2D eigenvalue weighted by Gasteiger charge is -2.01. The molecule has 2 aromatic heterocycles. The minimum Gasteiger partial charge on any atom is -0.375 e. The normalized spacial score (nSPS) is 11.2. The van der Waals surface area contributed by atoms with Crippen LogP contribution in [-0.4, -0.2) is 4.98 Å². The molecule has 0 spiro atoms. The summed E-state index contributed by atoms with van der Waals surface area (Å²) in [6.45, 7) is 2.13. The van der Waals surface area contributed by atoms with Crippen molar-refractivity contribution < 1.29 is 0 Å². The second kappa shape index (κ2) is 4.71. The molecule has 2 heterocycles. The molecule has 92 valence electrons. The molecule has 0 aliphatic carbocycles. The van der Waals surface area contributed by atoms with Gasteiger partial charge in [0.15, 0.2) is 5.13 Å². The third-order valence-corrected chi connectivity index (χ3v) is 4.84. The highest BCUT2D eigenvalue weighted by Crippen LogP contribution is 2.27. The molecular formula is C14H14N2S2. The maximum atomic E-state index is 5.79. The van der Waals surface area contributed by atoms with Crippen molar-refractivity contribution in [3.8, 4) is 0 Å². The zero-order valence-electron chi connectivity index (χ0n) is 10.1. The summed E-state index contributed by atoms with van der Waals surface area (Å²) in [5, 5.41) is 4.14. The van der Waals surface area contributed by atoms with E-state index in [0.29, 0.717) is 5.13 Å². The number of nitrogens with two attached hydrogens (primary N) is 1. The van der Waals surface area contributed by atoms with Gasteiger partial charge in [0.1, 0.15) is 0 Å². The highest BCUT2D eigenvalue weighted by Gasteiger charge is 2.09. The quantitative estimate of drug-likeness (QED) is 0.781. The molecule has 3 rings (SSSR count). The van der Waals surface area contributed by atoms with Crippen LogP contribution in [0.2, 0.25) is 0 Å². The van der Waals surface area contributed by atoms with E-state index in [0.717, 1.165) is 18.5 Å². The highest BCUT2D eigenvalue weighted by molar-refractivity contribution is 7.17. The summed E-state index contributed by atoms with van der Waals surface area (Å²) >= 11 is 3.39. The van der Waals surface area contributed by atoms with Crippen molar-refractivity contribution in [2.75, 3.05) is 5.73 Å². The minimum atomic E-state index is 0.679. The van der Waals surface area contributed by atoms with Crippen LogP contribution in [0.4, 0.5) is 5.13 Å². The Balaban J connectivity index is 1.95. The molecule has 1 aromatic carbocycles. The second-order valence-corrected chi connectivity index (χ2v) is 6.31. The number of aromatic nitrogens is 1. The molecule has 2 N–H and O–H groups in total. The van der Waals surface area contributed by atoms with E-state index in [9.17, 15) is 0 Å². The molecule has 18 heavy (non-hydrogen) atoms. The Labute approximate surface area is 114 Å². The number of hydrogen-bond acceptors (Lipinski definition) is 4. The number of benzene rings is 1. The first-order chi connectivity index (χ1) is 8.76. The second-order valence-electron chi connectivity index (χ2n) is 4.25. The van der Waals surface area contributed by atoms with Crippen molar-refractivity contribution in [1.82, 2.24) is 4.98 Å². The number of fused-ring (bicyclic) bond motifs is 1. The molecule has 0 aliphatic rings. The van der Waals surface area contributed by atoms with Crippen LogP contribution in [0.1, 0.15) is 23.1 Å². The first kappa shape index (κ1) is 11.7. The summed E-state index contributed by atoms with van der Waals surface area (Å²) in [6.07, 6.45) is 1.88. The lowest BCUT2D eigenvalue weighted by Crippen LogP contribution is -1.91. The van der Waals surface area contributed by atoms with Crippen LogP contribution in [0.25, 0.3) is 10.1 Å². The number of thiazole rings is 1. The fraction of sp³-hybridized carbons (Fsp3) is 0.214. The molecule has 0 saturated heterocycles. The molecule has 0 radical (unpaired) electrons. The van der Waals surface area contributed by atoms with E-state index in [1.54, 1.807) is 22.7 Å². The van der Waals surface area contributed by atoms with Crippen molar-refractivity contribution in [2.24, 2.45) is 0 Å². The fourth-order valence-corrected chi connectivity index (χ4v) is 3.85. The van der Waals surface area contributed by atoms with Crippen molar-refractivity contribution >= 4 is 37.9 Å². The standard InChI is InChI=1S/C14H14N2S2/c1-2-11-13(18-14(15)16-11)8-9-3-4-12-10(7-9)5-6-17-12/h3-7H,2,8H2,1H3,(H2,15,16). The maximum Gasteiger partial charge on any atom is 0.180 e. The van der Waals surface area contributed by atoms with E-state index >= 15 is 0 Å². The molecule has 0 aliphatic heterocycles. The van der Waals surface area contributed by atoms with Crippen LogP contribution < -0.4 is 5.73 Å². The number of nitrogen functional groups attached to an aromatic ring is 1. The van der Waals surface area contributed by atoms with Gasteiger partial charge in [-0.1, -0.05) is 13.0 Å². The highest BCUT2D eigenvalue weighted by atomic mass is 32.1. The Morgan fingerprint density at radius 2 is 2.17 bits per heavy atom. The van der Waals surface area contributed by atoms with Gasteiger partial charge in [-0.05, 0) is 40.9 Å². The number of anilines is 1. The predicted octanol–water partition coefficient (Wildman–Crippen LogP) is 4.09. The monoisotopic (exact) mass is 274 g/mol. The zero-order valence-corrected chi connectivity index (χ0v) is 11.8. The number of thiophene rings is 1. The largest absolute Gasteiger partial charge is 0.375 e. The fourth-order valence-electron chi connectivity index (χ4n) is 2.13. The zero-order chi connectivity index (χ0) is 12.5. The van der Waals surface area contributed by atoms with Gasteiger partial charge in [0, 0.05) is 16.0 Å². The lowest BCUT2D eigenvalue weighted by molar-refractivity contribution is 1.02. The van der Waals surface area contributed by atoms with E-state index in [1.807, 2.05) is 0 Å². The van der Waals surface area contributed by atoms with E-state index < -0.39 is 0 Å². The first-order valence-electron chi connectivity index (χ1n) is 5.96. The molecule has 0 unspecified atom stereocenters. The topological polar surface area (TPSA) is 38.9 Å².